The molecule has 2 aliphatic rings. The molecule has 1 saturated carbocycles. The van der Waals surface area contributed by atoms with Crippen LogP contribution in [0.25, 0.3) is 0 Å². The Morgan fingerprint density at radius 3 is 2.79 bits per heavy atom. The molecule has 1 aliphatic carbocycles. The average molecular weight is 398 g/mol. The van der Waals surface area contributed by atoms with Crippen LogP contribution >= 0.6 is 0 Å². The number of benzene rings is 1. The largest absolute Gasteiger partial charge is 0.486 e. The normalized spacial score (nSPS) is 23.9. The summed E-state index contributed by atoms with van der Waals surface area (Å²) in [5, 5.41) is 7.91. The molecule has 2 aromatic rings. The Balaban J connectivity index is 1.33. The first-order valence-electron chi connectivity index (χ1n) is 10.6. The molecule has 1 aromatic heterocycles. The summed E-state index contributed by atoms with van der Waals surface area (Å²) in [5.41, 5.74) is 1.06. The van der Waals surface area contributed by atoms with Gasteiger partial charge in [0.2, 0.25) is 5.91 Å². The number of aromatic nitrogens is 3. The number of carbonyl (C=O) groups excluding carboxylic acids is 1. The number of rotatable bonds is 4. The third-order valence-electron chi connectivity index (χ3n) is 6.37. The Hall–Kier alpha value is -2.41. The van der Waals surface area contributed by atoms with Gasteiger partial charge in [-0.15, -0.1) is 0 Å². The van der Waals surface area contributed by atoms with Crippen LogP contribution in [0.15, 0.2) is 24.3 Å². The molecule has 1 fully saturated rings. The fourth-order valence-electron chi connectivity index (χ4n) is 4.59. The highest BCUT2D eigenvalue weighted by atomic mass is 16.5. The zero-order valence-electron chi connectivity index (χ0n) is 17.6. The van der Waals surface area contributed by atoms with Gasteiger partial charge in [0.15, 0.2) is 0 Å². The van der Waals surface area contributed by atoms with Gasteiger partial charge in [-0.3, -0.25) is 4.79 Å². The lowest BCUT2D eigenvalue weighted by Crippen LogP contribution is -2.51. The van der Waals surface area contributed by atoms with Gasteiger partial charge in [-0.05, 0) is 45.6 Å². The van der Waals surface area contributed by atoms with E-state index in [1.807, 2.05) is 36.5 Å². The maximum atomic E-state index is 12.7. The van der Waals surface area contributed by atoms with Gasteiger partial charge in [0.1, 0.15) is 23.0 Å². The van der Waals surface area contributed by atoms with Crippen molar-refractivity contribution in [1.82, 2.24) is 25.0 Å². The predicted molar refractivity (Wildman–Crippen MR) is 111 cm³/mol. The van der Waals surface area contributed by atoms with Crippen LogP contribution in [-0.2, 0) is 17.9 Å². The second kappa shape index (κ2) is 8.14. The molecule has 1 N–H and O–H groups in total. The van der Waals surface area contributed by atoms with E-state index in [1.165, 1.54) is 5.56 Å². The zero-order chi connectivity index (χ0) is 20.4. The SMILES string of the molecule is Cc1nc(C)n(CCC(=O)N(C)C2CCC3(CC2)CNCc2ccccc2O3)n1. The minimum Gasteiger partial charge on any atom is -0.486 e. The molecule has 29 heavy (non-hydrogen) atoms. The van der Waals surface area contributed by atoms with Gasteiger partial charge in [0.05, 0.1) is 6.54 Å². The Morgan fingerprint density at radius 2 is 2.07 bits per heavy atom. The zero-order valence-corrected chi connectivity index (χ0v) is 17.6. The summed E-state index contributed by atoms with van der Waals surface area (Å²) in [6.07, 6.45) is 4.30. The van der Waals surface area contributed by atoms with Crippen LogP contribution in [0.1, 0.15) is 49.3 Å². The number of para-hydroxylation sites is 1. The molecular weight excluding hydrogens is 366 g/mol. The fourth-order valence-corrected chi connectivity index (χ4v) is 4.59. The number of ether oxygens (including phenoxy) is 1. The minimum absolute atomic E-state index is 0.164. The topological polar surface area (TPSA) is 72.3 Å². The van der Waals surface area contributed by atoms with Crippen LogP contribution in [0.3, 0.4) is 0 Å². The molecule has 1 spiro atoms. The summed E-state index contributed by atoms with van der Waals surface area (Å²) in [4.78, 5) is 19.0. The molecule has 4 rings (SSSR count). The van der Waals surface area contributed by atoms with Crippen molar-refractivity contribution in [3.63, 3.8) is 0 Å². The first kappa shape index (κ1) is 19.9. The standard InChI is InChI=1S/C22H31N5O2/c1-16-24-17(2)27(25-16)13-10-21(28)26(3)19-8-11-22(12-9-19)15-23-14-18-6-4-5-7-20(18)29-22/h4-7,19,23H,8-15H2,1-3H3. The van der Waals surface area contributed by atoms with Gasteiger partial charge < -0.3 is 15.0 Å². The van der Waals surface area contributed by atoms with Crippen molar-refractivity contribution >= 4 is 5.91 Å². The Labute approximate surface area is 172 Å². The Bertz CT molecular complexity index is 870. The van der Waals surface area contributed by atoms with Crippen LogP contribution in [0.2, 0.25) is 0 Å². The number of nitrogens with zero attached hydrogens (tertiary/aromatic N) is 4. The summed E-state index contributed by atoms with van der Waals surface area (Å²) < 4.78 is 8.33. The van der Waals surface area contributed by atoms with Gasteiger partial charge in [-0.1, -0.05) is 18.2 Å². The third-order valence-corrected chi connectivity index (χ3v) is 6.37. The lowest BCUT2D eigenvalue weighted by molar-refractivity contribution is -0.133. The predicted octanol–water partition coefficient (Wildman–Crippen LogP) is 2.61. The molecule has 0 unspecified atom stereocenters. The summed E-state index contributed by atoms with van der Waals surface area (Å²) in [7, 11) is 1.94. The van der Waals surface area contributed by atoms with E-state index in [0.717, 1.165) is 56.2 Å². The second-order valence-electron chi connectivity index (χ2n) is 8.41. The van der Waals surface area contributed by atoms with E-state index in [4.69, 9.17) is 4.74 Å². The van der Waals surface area contributed by atoms with E-state index in [-0.39, 0.29) is 17.6 Å². The smallest absolute Gasteiger partial charge is 0.224 e. The molecule has 7 nitrogen and oxygen atoms in total. The maximum Gasteiger partial charge on any atom is 0.224 e. The Morgan fingerprint density at radius 1 is 1.31 bits per heavy atom. The first-order valence-corrected chi connectivity index (χ1v) is 10.6. The highest BCUT2D eigenvalue weighted by Gasteiger charge is 2.40. The van der Waals surface area contributed by atoms with Gasteiger partial charge >= 0.3 is 0 Å². The van der Waals surface area contributed by atoms with Gasteiger partial charge in [0.25, 0.3) is 0 Å². The van der Waals surface area contributed by atoms with E-state index in [0.29, 0.717) is 13.0 Å². The minimum atomic E-state index is -0.164. The fraction of sp³-hybridized carbons (Fsp3) is 0.591. The van der Waals surface area contributed by atoms with E-state index in [9.17, 15) is 4.79 Å². The number of amides is 1. The molecule has 1 amide bonds. The summed E-state index contributed by atoms with van der Waals surface area (Å²) in [6, 6.07) is 8.56. The molecular formula is C22H31N5O2. The molecule has 0 radical (unpaired) electrons. The monoisotopic (exact) mass is 397 g/mol. The van der Waals surface area contributed by atoms with Crippen molar-refractivity contribution in [2.24, 2.45) is 0 Å². The van der Waals surface area contributed by atoms with E-state index < -0.39 is 0 Å². The lowest BCUT2D eigenvalue weighted by atomic mass is 9.81. The Kier molecular flexibility index (Phi) is 5.58. The van der Waals surface area contributed by atoms with Gasteiger partial charge in [-0.2, -0.15) is 5.10 Å². The summed E-state index contributed by atoms with van der Waals surface area (Å²) >= 11 is 0. The molecule has 156 valence electrons. The quantitative estimate of drug-likeness (QED) is 0.859. The van der Waals surface area contributed by atoms with Crippen molar-refractivity contribution in [3.05, 3.63) is 41.5 Å². The lowest BCUT2D eigenvalue weighted by Gasteiger charge is -2.42. The second-order valence-corrected chi connectivity index (χ2v) is 8.41. The summed E-state index contributed by atoms with van der Waals surface area (Å²) in [6.45, 7) is 6.08. The molecule has 1 aromatic carbocycles. The van der Waals surface area contributed by atoms with Crippen LogP contribution < -0.4 is 10.1 Å². The molecule has 7 heteroatoms. The van der Waals surface area contributed by atoms with E-state index in [1.54, 1.807) is 0 Å². The molecule has 1 aliphatic heterocycles. The number of aryl methyl sites for hydroxylation is 3. The van der Waals surface area contributed by atoms with Gasteiger partial charge in [0, 0.05) is 38.2 Å². The van der Waals surface area contributed by atoms with Crippen LogP contribution in [0.4, 0.5) is 0 Å². The molecule has 0 atom stereocenters. The first-order chi connectivity index (χ1) is 14.0. The number of nitrogens with one attached hydrogen (secondary N) is 1. The third kappa shape index (κ3) is 4.29. The van der Waals surface area contributed by atoms with Crippen LogP contribution in [-0.4, -0.2) is 50.8 Å². The molecule has 0 bridgehead atoms. The molecule has 0 saturated heterocycles. The number of hydrogen-bond donors (Lipinski definition) is 1. The van der Waals surface area contributed by atoms with Crippen molar-refractivity contribution in [2.75, 3.05) is 13.6 Å². The van der Waals surface area contributed by atoms with Crippen molar-refractivity contribution in [3.8, 4) is 5.75 Å². The molecule has 2 heterocycles. The van der Waals surface area contributed by atoms with Gasteiger partial charge in [-0.25, -0.2) is 9.67 Å². The average Bonchev–Trinajstić information content (AvgIpc) is 2.93. The maximum absolute atomic E-state index is 12.7. The number of hydrogen-bond acceptors (Lipinski definition) is 5. The van der Waals surface area contributed by atoms with Crippen LogP contribution in [0, 0.1) is 13.8 Å². The van der Waals surface area contributed by atoms with Crippen molar-refractivity contribution < 1.29 is 9.53 Å². The number of fused-ring (bicyclic) bond motifs is 1. The number of carbonyl (C=O) groups is 1. The van der Waals surface area contributed by atoms with E-state index >= 15 is 0 Å². The highest BCUT2D eigenvalue weighted by Crippen LogP contribution is 2.37. The highest BCUT2D eigenvalue weighted by molar-refractivity contribution is 5.76. The van der Waals surface area contributed by atoms with Crippen molar-refractivity contribution in [1.29, 1.82) is 0 Å². The van der Waals surface area contributed by atoms with Crippen molar-refractivity contribution in [2.45, 2.75) is 70.7 Å². The van der Waals surface area contributed by atoms with Crippen LogP contribution in [0.5, 0.6) is 5.75 Å². The van der Waals surface area contributed by atoms with E-state index in [2.05, 4.69) is 33.6 Å². The summed E-state index contributed by atoms with van der Waals surface area (Å²) in [5.74, 6) is 2.78.